The molecular formula is C20H20N4O2. The summed E-state index contributed by atoms with van der Waals surface area (Å²) in [5, 5.41) is 2.92. The van der Waals surface area contributed by atoms with Gasteiger partial charge in [-0.1, -0.05) is 0 Å². The number of rotatable bonds is 6. The number of hydrogen-bond donors (Lipinski definition) is 1. The van der Waals surface area contributed by atoms with Crippen molar-refractivity contribution in [3.63, 3.8) is 0 Å². The number of amides is 1. The Morgan fingerprint density at radius 3 is 2.62 bits per heavy atom. The molecule has 2 heterocycles. The van der Waals surface area contributed by atoms with E-state index < -0.39 is 0 Å². The van der Waals surface area contributed by atoms with Crippen LogP contribution in [0.1, 0.15) is 25.1 Å². The van der Waals surface area contributed by atoms with E-state index in [0.29, 0.717) is 29.8 Å². The summed E-state index contributed by atoms with van der Waals surface area (Å²) in [5.41, 5.74) is 0.773. The summed E-state index contributed by atoms with van der Waals surface area (Å²) in [6, 6.07) is 13.0. The number of ether oxygens (including phenoxy) is 1. The molecule has 26 heavy (non-hydrogen) atoms. The fraction of sp³-hybridized carbons (Fsp3) is 0.250. The van der Waals surface area contributed by atoms with Crippen molar-refractivity contribution >= 4 is 11.6 Å². The number of hydrogen-bond acceptors (Lipinski definition) is 4. The van der Waals surface area contributed by atoms with Crippen LogP contribution in [-0.4, -0.2) is 20.4 Å². The Balaban J connectivity index is 1.44. The molecule has 1 N–H and O–H groups in total. The van der Waals surface area contributed by atoms with Gasteiger partial charge in [0, 0.05) is 30.6 Å². The van der Waals surface area contributed by atoms with E-state index in [4.69, 9.17) is 4.74 Å². The highest BCUT2D eigenvalue weighted by molar-refractivity contribution is 5.91. The van der Waals surface area contributed by atoms with Crippen molar-refractivity contribution in [3.8, 4) is 17.4 Å². The number of aryl methyl sites for hydroxylation is 1. The molecule has 0 atom stereocenters. The molecule has 6 nitrogen and oxygen atoms in total. The first-order valence-electron chi connectivity index (χ1n) is 8.72. The maximum Gasteiger partial charge on any atom is 0.224 e. The molecule has 1 amide bonds. The number of nitrogens with zero attached hydrogens (tertiary/aromatic N) is 3. The summed E-state index contributed by atoms with van der Waals surface area (Å²) in [4.78, 5) is 20.6. The van der Waals surface area contributed by atoms with E-state index in [1.54, 1.807) is 6.07 Å². The SMILES string of the molecule is Cc1nc(Oc2ccc(NC(=O)CC3CC3)cc2)cc(-n2cccc2)n1. The number of benzene rings is 1. The first kappa shape index (κ1) is 16.3. The minimum Gasteiger partial charge on any atom is -0.439 e. The zero-order valence-electron chi connectivity index (χ0n) is 14.6. The van der Waals surface area contributed by atoms with Gasteiger partial charge in [-0.15, -0.1) is 0 Å². The number of carbonyl (C=O) groups is 1. The molecule has 1 aromatic carbocycles. The van der Waals surface area contributed by atoms with Crippen molar-refractivity contribution in [3.05, 3.63) is 60.7 Å². The van der Waals surface area contributed by atoms with Gasteiger partial charge in [0.25, 0.3) is 0 Å². The number of nitrogens with one attached hydrogen (secondary N) is 1. The van der Waals surface area contributed by atoms with Crippen LogP contribution < -0.4 is 10.1 Å². The minimum atomic E-state index is 0.0731. The standard InChI is InChI=1S/C20H20N4O2/c1-14-21-18(24-10-2-3-11-24)13-20(22-14)26-17-8-6-16(7-9-17)23-19(25)12-15-4-5-15/h2-3,6-11,13,15H,4-5,12H2,1H3,(H,23,25). The third-order valence-electron chi connectivity index (χ3n) is 4.20. The van der Waals surface area contributed by atoms with Gasteiger partial charge in [0.2, 0.25) is 11.8 Å². The second kappa shape index (κ2) is 7.00. The molecule has 0 saturated heterocycles. The van der Waals surface area contributed by atoms with Gasteiger partial charge in [-0.25, -0.2) is 4.98 Å². The molecule has 0 aliphatic heterocycles. The number of carbonyl (C=O) groups excluding carboxylic acids is 1. The molecule has 1 aliphatic rings. The second-order valence-corrected chi connectivity index (χ2v) is 6.52. The van der Waals surface area contributed by atoms with Gasteiger partial charge in [-0.2, -0.15) is 4.98 Å². The molecule has 1 saturated carbocycles. The monoisotopic (exact) mass is 348 g/mol. The van der Waals surface area contributed by atoms with Crippen LogP contribution in [0.4, 0.5) is 5.69 Å². The summed E-state index contributed by atoms with van der Waals surface area (Å²) in [7, 11) is 0. The Morgan fingerprint density at radius 1 is 1.19 bits per heavy atom. The van der Waals surface area contributed by atoms with E-state index in [2.05, 4.69) is 15.3 Å². The molecule has 4 rings (SSSR count). The Hall–Kier alpha value is -3.15. The predicted octanol–water partition coefficient (Wildman–Crippen LogP) is 4.11. The summed E-state index contributed by atoms with van der Waals surface area (Å²) in [6.07, 6.45) is 6.79. The molecule has 0 bridgehead atoms. The molecule has 6 heteroatoms. The maximum absolute atomic E-state index is 11.9. The lowest BCUT2D eigenvalue weighted by atomic mass is 10.2. The van der Waals surface area contributed by atoms with Crippen molar-refractivity contribution in [2.45, 2.75) is 26.2 Å². The van der Waals surface area contributed by atoms with Crippen molar-refractivity contribution in [2.75, 3.05) is 5.32 Å². The predicted molar refractivity (Wildman–Crippen MR) is 98.6 cm³/mol. The van der Waals surface area contributed by atoms with Crippen LogP contribution >= 0.6 is 0 Å². The van der Waals surface area contributed by atoms with Crippen molar-refractivity contribution in [1.82, 2.24) is 14.5 Å². The maximum atomic E-state index is 11.9. The largest absolute Gasteiger partial charge is 0.439 e. The molecule has 0 spiro atoms. The Morgan fingerprint density at radius 2 is 1.92 bits per heavy atom. The fourth-order valence-corrected chi connectivity index (χ4v) is 2.72. The van der Waals surface area contributed by atoms with Crippen molar-refractivity contribution < 1.29 is 9.53 Å². The molecule has 0 unspecified atom stereocenters. The molecule has 0 radical (unpaired) electrons. The highest BCUT2D eigenvalue weighted by Crippen LogP contribution is 2.32. The van der Waals surface area contributed by atoms with E-state index in [9.17, 15) is 4.79 Å². The third-order valence-corrected chi connectivity index (χ3v) is 4.20. The first-order valence-corrected chi connectivity index (χ1v) is 8.72. The van der Waals surface area contributed by atoms with Crippen LogP contribution in [0.2, 0.25) is 0 Å². The van der Waals surface area contributed by atoms with E-state index >= 15 is 0 Å². The zero-order valence-corrected chi connectivity index (χ0v) is 14.6. The molecule has 1 fully saturated rings. The molecule has 1 aliphatic carbocycles. The highest BCUT2D eigenvalue weighted by atomic mass is 16.5. The van der Waals surface area contributed by atoms with Crippen LogP contribution in [0.5, 0.6) is 11.6 Å². The average molecular weight is 348 g/mol. The van der Waals surface area contributed by atoms with Gasteiger partial charge in [-0.3, -0.25) is 4.79 Å². The Labute approximate surface area is 151 Å². The molecule has 132 valence electrons. The minimum absolute atomic E-state index is 0.0731. The molecular weight excluding hydrogens is 328 g/mol. The lowest BCUT2D eigenvalue weighted by Crippen LogP contribution is -2.11. The lowest BCUT2D eigenvalue weighted by molar-refractivity contribution is -0.116. The second-order valence-electron chi connectivity index (χ2n) is 6.52. The Bertz CT molecular complexity index is 900. The van der Waals surface area contributed by atoms with E-state index in [-0.39, 0.29) is 5.91 Å². The smallest absolute Gasteiger partial charge is 0.224 e. The fourth-order valence-electron chi connectivity index (χ4n) is 2.72. The van der Waals surface area contributed by atoms with Gasteiger partial charge in [0.15, 0.2) is 0 Å². The van der Waals surface area contributed by atoms with Crippen LogP contribution in [0, 0.1) is 12.8 Å². The highest BCUT2D eigenvalue weighted by Gasteiger charge is 2.24. The van der Waals surface area contributed by atoms with Gasteiger partial charge in [-0.05, 0) is 62.1 Å². The normalized spacial score (nSPS) is 13.4. The summed E-state index contributed by atoms with van der Waals surface area (Å²) in [6.45, 7) is 1.83. The zero-order chi connectivity index (χ0) is 17.9. The Kier molecular flexibility index (Phi) is 4.39. The van der Waals surface area contributed by atoms with E-state index in [1.807, 2.05) is 60.3 Å². The van der Waals surface area contributed by atoms with Crippen LogP contribution in [0.3, 0.4) is 0 Å². The first-order chi connectivity index (χ1) is 12.7. The number of anilines is 1. The van der Waals surface area contributed by atoms with E-state index in [0.717, 1.165) is 11.5 Å². The van der Waals surface area contributed by atoms with Gasteiger partial charge in [0.1, 0.15) is 17.4 Å². The number of aromatic nitrogens is 3. The summed E-state index contributed by atoms with van der Waals surface area (Å²) >= 11 is 0. The quantitative estimate of drug-likeness (QED) is 0.728. The third kappa shape index (κ3) is 4.08. The van der Waals surface area contributed by atoms with Gasteiger partial charge in [0.05, 0.1) is 0 Å². The molecule has 2 aromatic heterocycles. The summed E-state index contributed by atoms with van der Waals surface area (Å²) in [5.74, 6) is 3.17. The lowest BCUT2D eigenvalue weighted by Gasteiger charge is -2.09. The average Bonchev–Trinajstić information content (AvgIpc) is 3.24. The topological polar surface area (TPSA) is 69.0 Å². The van der Waals surface area contributed by atoms with Crippen molar-refractivity contribution in [1.29, 1.82) is 0 Å². The van der Waals surface area contributed by atoms with Gasteiger partial charge >= 0.3 is 0 Å². The van der Waals surface area contributed by atoms with Crippen LogP contribution in [0.25, 0.3) is 5.82 Å². The van der Waals surface area contributed by atoms with E-state index in [1.165, 1.54) is 12.8 Å². The summed E-state index contributed by atoms with van der Waals surface area (Å²) < 4.78 is 7.76. The molecule has 3 aromatic rings. The van der Waals surface area contributed by atoms with Crippen LogP contribution in [0.15, 0.2) is 54.9 Å². The van der Waals surface area contributed by atoms with Gasteiger partial charge < -0.3 is 14.6 Å². The van der Waals surface area contributed by atoms with Crippen LogP contribution in [-0.2, 0) is 4.79 Å². The van der Waals surface area contributed by atoms with Crippen molar-refractivity contribution in [2.24, 2.45) is 5.92 Å².